The predicted octanol–water partition coefficient (Wildman–Crippen LogP) is 4.38. The predicted molar refractivity (Wildman–Crippen MR) is 91.5 cm³/mol. The van der Waals surface area contributed by atoms with E-state index in [-0.39, 0.29) is 5.91 Å². The van der Waals surface area contributed by atoms with Crippen molar-refractivity contribution in [2.24, 2.45) is 0 Å². The third-order valence-corrected chi connectivity index (χ3v) is 4.53. The van der Waals surface area contributed by atoms with Crippen LogP contribution in [0.25, 0.3) is 0 Å². The van der Waals surface area contributed by atoms with Gasteiger partial charge >= 0.3 is 0 Å². The number of nitrogens with zero attached hydrogens (tertiary/aromatic N) is 1. The van der Waals surface area contributed by atoms with Crippen LogP contribution >= 0.6 is 11.8 Å². The normalized spacial score (nSPS) is 10.5. The highest BCUT2D eigenvalue weighted by atomic mass is 32.2. The quantitative estimate of drug-likeness (QED) is 0.805. The molecular weight excluding hydrogens is 292 g/mol. The van der Waals surface area contributed by atoms with E-state index in [4.69, 9.17) is 0 Å². The summed E-state index contributed by atoms with van der Waals surface area (Å²) >= 11 is 1.53. The molecule has 0 radical (unpaired) electrons. The Balaban J connectivity index is 2.17. The van der Waals surface area contributed by atoms with Gasteiger partial charge in [-0.3, -0.25) is 4.79 Å². The maximum atomic E-state index is 12.3. The Morgan fingerprint density at radius 3 is 2.77 bits per heavy atom. The van der Waals surface area contributed by atoms with Crippen molar-refractivity contribution in [3.8, 4) is 0 Å². The summed E-state index contributed by atoms with van der Waals surface area (Å²) in [7, 11) is 0. The Morgan fingerprint density at radius 1 is 1.23 bits per heavy atom. The van der Waals surface area contributed by atoms with Gasteiger partial charge in [-0.05, 0) is 55.7 Å². The molecule has 2 aromatic rings. The second-order valence-corrected chi connectivity index (χ2v) is 6.38. The summed E-state index contributed by atoms with van der Waals surface area (Å²) in [5.41, 5.74) is 3.15. The molecule has 1 aromatic carbocycles. The molecule has 0 aliphatic carbocycles. The van der Waals surface area contributed by atoms with Gasteiger partial charge in [0.25, 0.3) is 5.91 Å². The Kier molecular flexibility index (Phi) is 6.01. The van der Waals surface area contributed by atoms with Crippen molar-refractivity contribution in [2.45, 2.75) is 43.5 Å². The maximum absolute atomic E-state index is 12.3. The molecule has 1 N–H and O–H groups in total. The lowest BCUT2D eigenvalue weighted by molar-refractivity contribution is 0.0949. The van der Waals surface area contributed by atoms with Crippen LogP contribution in [-0.2, 0) is 0 Å². The number of rotatable bonds is 6. The van der Waals surface area contributed by atoms with Crippen LogP contribution in [0.4, 0.5) is 0 Å². The first kappa shape index (κ1) is 16.6. The van der Waals surface area contributed by atoms with Gasteiger partial charge < -0.3 is 5.32 Å². The first-order chi connectivity index (χ1) is 10.6. The fourth-order valence-electron chi connectivity index (χ4n) is 2.01. The Morgan fingerprint density at radius 2 is 2.05 bits per heavy atom. The van der Waals surface area contributed by atoms with Gasteiger partial charge in [-0.25, -0.2) is 4.98 Å². The van der Waals surface area contributed by atoms with Crippen molar-refractivity contribution in [1.82, 2.24) is 10.3 Å². The molecule has 116 valence electrons. The van der Waals surface area contributed by atoms with E-state index in [1.54, 1.807) is 12.3 Å². The van der Waals surface area contributed by atoms with Gasteiger partial charge in [0.05, 0.1) is 5.56 Å². The number of carbonyl (C=O) groups is 1. The number of aryl methyl sites for hydroxylation is 2. The lowest BCUT2D eigenvalue weighted by Gasteiger charge is -2.09. The summed E-state index contributed by atoms with van der Waals surface area (Å²) in [5.74, 6) is -0.0483. The van der Waals surface area contributed by atoms with E-state index in [0.717, 1.165) is 22.8 Å². The van der Waals surface area contributed by atoms with Crippen molar-refractivity contribution in [2.75, 3.05) is 6.54 Å². The minimum Gasteiger partial charge on any atom is -0.352 e. The van der Waals surface area contributed by atoms with Crippen LogP contribution < -0.4 is 5.32 Å². The lowest BCUT2D eigenvalue weighted by atomic mass is 10.1. The monoisotopic (exact) mass is 314 g/mol. The molecule has 0 aliphatic heterocycles. The lowest BCUT2D eigenvalue weighted by Crippen LogP contribution is -2.25. The maximum Gasteiger partial charge on any atom is 0.254 e. The summed E-state index contributed by atoms with van der Waals surface area (Å²) in [4.78, 5) is 17.8. The van der Waals surface area contributed by atoms with Gasteiger partial charge in [0, 0.05) is 17.6 Å². The van der Waals surface area contributed by atoms with Crippen LogP contribution in [0.1, 0.15) is 41.3 Å². The second kappa shape index (κ2) is 7.99. The fourth-order valence-corrected chi connectivity index (χ4v) is 2.99. The highest BCUT2D eigenvalue weighted by Gasteiger charge is 2.13. The molecule has 0 bridgehead atoms. The van der Waals surface area contributed by atoms with E-state index >= 15 is 0 Å². The average molecular weight is 314 g/mol. The molecule has 1 aromatic heterocycles. The van der Waals surface area contributed by atoms with Crippen LogP contribution in [0, 0.1) is 13.8 Å². The largest absolute Gasteiger partial charge is 0.352 e. The van der Waals surface area contributed by atoms with Crippen LogP contribution in [0.15, 0.2) is 46.5 Å². The van der Waals surface area contributed by atoms with Crippen molar-refractivity contribution in [3.63, 3.8) is 0 Å². The number of hydrogen-bond acceptors (Lipinski definition) is 3. The SMILES string of the molecule is CCCCNC(=O)c1cccnc1Sc1ccc(C)c(C)c1. The number of nitrogens with one attached hydrogen (secondary N) is 1. The molecule has 3 nitrogen and oxygen atoms in total. The van der Waals surface area contributed by atoms with Gasteiger partial charge in [-0.2, -0.15) is 0 Å². The Labute approximate surface area is 136 Å². The van der Waals surface area contributed by atoms with Gasteiger partial charge in [0.1, 0.15) is 5.03 Å². The van der Waals surface area contributed by atoms with E-state index in [9.17, 15) is 4.79 Å². The van der Waals surface area contributed by atoms with Crippen molar-refractivity contribution in [1.29, 1.82) is 0 Å². The number of carbonyl (C=O) groups excluding carboxylic acids is 1. The Hall–Kier alpha value is -1.81. The van der Waals surface area contributed by atoms with E-state index < -0.39 is 0 Å². The zero-order valence-electron chi connectivity index (χ0n) is 13.3. The fraction of sp³-hybridized carbons (Fsp3) is 0.333. The zero-order valence-corrected chi connectivity index (χ0v) is 14.2. The summed E-state index contributed by atoms with van der Waals surface area (Å²) in [6.45, 7) is 7.00. The summed E-state index contributed by atoms with van der Waals surface area (Å²) in [5, 5.41) is 3.70. The molecule has 0 spiro atoms. The summed E-state index contributed by atoms with van der Waals surface area (Å²) < 4.78 is 0. The van der Waals surface area contributed by atoms with E-state index in [2.05, 4.69) is 49.3 Å². The average Bonchev–Trinajstić information content (AvgIpc) is 2.51. The van der Waals surface area contributed by atoms with Gasteiger partial charge in [0.15, 0.2) is 0 Å². The smallest absolute Gasteiger partial charge is 0.254 e. The third kappa shape index (κ3) is 4.34. The number of unbranched alkanes of at least 4 members (excludes halogenated alkanes) is 1. The first-order valence-corrected chi connectivity index (χ1v) is 8.41. The van der Waals surface area contributed by atoms with Gasteiger partial charge in [-0.15, -0.1) is 0 Å². The molecule has 0 unspecified atom stereocenters. The number of pyridine rings is 1. The van der Waals surface area contributed by atoms with Crippen LogP contribution in [0.5, 0.6) is 0 Å². The van der Waals surface area contributed by atoms with E-state index in [0.29, 0.717) is 12.1 Å². The molecular formula is C18H22N2OS. The van der Waals surface area contributed by atoms with Crippen molar-refractivity contribution in [3.05, 3.63) is 53.2 Å². The van der Waals surface area contributed by atoms with E-state index in [1.165, 1.54) is 22.9 Å². The highest BCUT2D eigenvalue weighted by Crippen LogP contribution is 2.29. The number of amides is 1. The molecule has 0 fully saturated rings. The Bertz CT molecular complexity index is 655. The van der Waals surface area contributed by atoms with Crippen LogP contribution in [0.3, 0.4) is 0 Å². The number of hydrogen-bond donors (Lipinski definition) is 1. The van der Waals surface area contributed by atoms with Crippen molar-refractivity contribution >= 4 is 17.7 Å². The molecule has 0 aliphatic rings. The first-order valence-electron chi connectivity index (χ1n) is 7.60. The topological polar surface area (TPSA) is 42.0 Å². The van der Waals surface area contributed by atoms with Crippen LogP contribution in [-0.4, -0.2) is 17.4 Å². The molecule has 0 saturated heterocycles. The summed E-state index contributed by atoms with van der Waals surface area (Å²) in [6.07, 6.45) is 3.79. The molecule has 1 heterocycles. The number of aromatic nitrogens is 1. The molecule has 1 amide bonds. The molecule has 2 rings (SSSR count). The van der Waals surface area contributed by atoms with Crippen LogP contribution in [0.2, 0.25) is 0 Å². The summed E-state index contributed by atoms with van der Waals surface area (Å²) in [6, 6.07) is 9.94. The molecule has 4 heteroatoms. The third-order valence-electron chi connectivity index (χ3n) is 3.52. The zero-order chi connectivity index (χ0) is 15.9. The van der Waals surface area contributed by atoms with Crippen molar-refractivity contribution < 1.29 is 4.79 Å². The second-order valence-electron chi connectivity index (χ2n) is 5.31. The molecule has 0 atom stereocenters. The minimum absolute atomic E-state index is 0.0483. The number of benzene rings is 1. The standard InChI is InChI=1S/C18H22N2OS/c1-4-5-10-19-17(21)16-7-6-11-20-18(16)22-15-9-8-13(2)14(3)12-15/h6-9,11-12H,4-5,10H2,1-3H3,(H,19,21). The van der Waals surface area contributed by atoms with E-state index in [1.807, 2.05) is 6.07 Å². The van der Waals surface area contributed by atoms with Gasteiger partial charge in [-0.1, -0.05) is 31.2 Å². The highest BCUT2D eigenvalue weighted by molar-refractivity contribution is 7.99. The minimum atomic E-state index is -0.0483. The van der Waals surface area contributed by atoms with Gasteiger partial charge in [0.2, 0.25) is 0 Å². The molecule has 0 saturated carbocycles. The molecule has 22 heavy (non-hydrogen) atoms.